The van der Waals surface area contributed by atoms with Gasteiger partial charge in [0.1, 0.15) is 11.5 Å². The zero-order chi connectivity index (χ0) is 42.5. The lowest BCUT2D eigenvalue weighted by Crippen LogP contribution is -2.25. The van der Waals surface area contributed by atoms with E-state index < -0.39 is 0 Å². The van der Waals surface area contributed by atoms with Gasteiger partial charge in [-0.15, -0.1) is 0 Å². The van der Waals surface area contributed by atoms with E-state index >= 15 is 0 Å². The molecule has 326 valence electrons. The number of anilines is 2. The first-order valence-electron chi connectivity index (χ1n) is 22.8. The summed E-state index contributed by atoms with van der Waals surface area (Å²) in [6, 6.07) is 16.0. The first-order chi connectivity index (χ1) is 28.8. The van der Waals surface area contributed by atoms with Crippen LogP contribution in [-0.4, -0.2) is 50.7 Å². The van der Waals surface area contributed by atoms with Gasteiger partial charge >= 0.3 is 11.9 Å². The third-order valence-corrected chi connectivity index (χ3v) is 10.2. The van der Waals surface area contributed by atoms with Crippen molar-refractivity contribution >= 4 is 35.7 Å². The number of benzene rings is 2. The summed E-state index contributed by atoms with van der Waals surface area (Å²) in [6.45, 7) is 15.5. The van der Waals surface area contributed by atoms with Crippen LogP contribution >= 0.6 is 0 Å². The zero-order valence-electron chi connectivity index (χ0n) is 37.2. The summed E-state index contributed by atoms with van der Waals surface area (Å²) in [5, 5.41) is 0. The Morgan fingerprint density at radius 1 is 0.542 bits per heavy atom. The minimum Gasteiger partial charge on any atom is -0.494 e. The Bertz CT molecular complexity index is 1610. The first-order valence-corrected chi connectivity index (χ1v) is 22.8. The molecule has 4 rings (SSSR count). The molecule has 0 aromatic heterocycles. The lowest BCUT2D eigenvalue weighted by molar-refractivity contribution is -0.145. The Kier molecular flexibility index (Phi) is 24.5. The number of esters is 2. The van der Waals surface area contributed by atoms with Crippen LogP contribution in [0.4, 0.5) is 11.4 Å². The highest BCUT2D eigenvalue weighted by molar-refractivity contribution is 5.77. The fraction of sp³-hybridized carbons (Fsp3) is 0.592. The molecule has 0 atom stereocenters. The smallest absolute Gasteiger partial charge is 0.315 e. The van der Waals surface area contributed by atoms with Crippen LogP contribution in [0.5, 0.6) is 11.5 Å². The first kappa shape index (κ1) is 48.8. The predicted molar refractivity (Wildman–Crippen MR) is 243 cm³/mol. The Hall–Kier alpha value is -4.60. The molecule has 0 bridgehead atoms. The van der Waals surface area contributed by atoms with Gasteiger partial charge in [0, 0.05) is 35.9 Å². The van der Waals surface area contributed by atoms with Gasteiger partial charge in [-0.25, -0.2) is 9.98 Å². The van der Waals surface area contributed by atoms with Crippen LogP contribution in [-0.2, 0) is 19.1 Å². The summed E-state index contributed by atoms with van der Waals surface area (Å²) >= 11 is 0. The van der Waals surface area contributed by atoms with E-state index in [-0.39, 0.29) is 23.8 Å². The van der Waals surface area contributed by atoms with Crippen molar-refractivity contribution in [1.29, 1.82) is 0 Å². The van der Waals surface area contributed by atoms with Gasteiger partial charge in [0.15, 0.2) is 0 Å². The average molecular weight is 815 g/mol. The number of nitrogens with zero attached hydrogens (tertiary/aromatic N) is 4. The maximum absolute atomic E-state index is 12.5. The number of carbonyl (C=O) groups is 2. The molecule has 2 aromatic carbocycles. The zero-order valence-corrected chi connectivity index (χ0v) is 37.2. The van der Waals surface area contributed by atoms with Crippen LogP contribution in [0.3, 0.4) is 0 Å². The standard InChI is InChI=1S/C25H38N2O3.C24H36N2O3/c1-4-7-8-9-10-18-29-23-15-11-14-22(19-23)27-17-16-26-24(20-27)30-25(28)21(12-5-2)13-6-3;1-4-7-8-9-17-28-22-14-10-13-21(18-22)26-16-15-25-23(19-26)29-24(27)20(11-5-2)12-6-3/h11,14-16,19-21H,4-10,12-13,17-18H2,1-3H3;10,13-15,18-20H,4-9,11-12,16-17H2,1-3H3. The fourth-order valence-electron chi connectivity index (χ4n) is 6.99. The molecule has 2 aromatic rings. The number of hydrogen-bond acceptors (Lipinski definition) is 10. The Balaban J connectivity index is 0.000000316. The maximum Gasteiger partial charge on any atom is 0.315 e. The van der Waals surface area contributed by atoms with Gasteiger partial charge in [0.25, 0.3) is 0 Å². The highest BCUT2D eigenvalue weighted by Gasteiger charge is 2.23. The monoisotopic (exact) mass is 815 g/mol. The van der Waals surface area contributed by atoms with E-state index in [0.29, 0.717) is 24.9 Å². The fourth-order valence-corrected chi connectivity index (χ4v) is 6.99. The van der Waals surface area contributed by atoms with Gasteiger partial charge < -0.3 is 28.7 Å². The number of ether oxygens (including phenoxy) is 4. The molecule has 10 heteroatoms. The van der Waals surface area contributed by atoms with Gasteiger partial charge in [0.2, 0.25) is 11.8 Å². The molecule has 0 fully saturated rings. The topological polar surface area (TPSA) is 102 Å². The van der Waals surface area contributed by atoms with E-state index in [1.165, 1.54) is 44.9 Å². The Morgan fingerprint density at radius 2 is 0.932 bits per heavy atom. The van der Waals surface area contributed by atoms with E-state index in [4.69, 9.17) is 18.9 Å². The Labute approximate surface area is 356 Å². The third-order valence-electron chi connectivity index (χ3n) is 10.2. The second-order valence-electron chi connectivity index (χ2n) is 15.4. The number of carbonyl (C=O) groups excluding carboxylic acids is 2. The molecule has 2 aliphatic heterocycles. The van der Waals surface area contributed by atoms with E-state index in [1.807, 2.05) is 58.3 Å². The highest BCUT2D eigenvalue weighted by Crippen LogP contribution is 2.27. The second-order valence-corrected chi connectivity index (χ2v) is 15.4. The third kappa shape index (κ3) is 18.9. The van der Waals surface area contributed by atoms with E-state index in [1.54, 1.807) is 24.8 Å². The van der Waals surface area contributed by atoms with Crippen molar-refractivity contribution in [3.8, 4) is 11.5 Å². The second kappa shape index (κ2) is 29.6. The van der Waals surface area contributed by atoms with E-state index in [0.717, 1.165) is 100 Å². The van der Waals surface area contributed by atoms with E-state index in [2.05, 4.69) is 51.5 Å². The summed E-state index contributed by atoms with van der Waals surface area (Å²) < 4.78 is 23.0. The predicted octanol–water partition coefficient (Wildman–Crippen LogP) is 12.6. The van der Waals surface area contributed by atoms with Crippen LogP contribution in [0.15, 0.2) is 82.7 Å². The maximum atomic E-state index is 12.5. The molecule has 0 saturated heterocycles. The van der Waals surface area contributed by atoms with Crippen molar-refractivity contribution in [2.75, 3.05) is 36.1 Å². The van der Waals surface area contributed by atoms with Crippen molar-refractivity contribution in [2.45, 2.75) is 151 Å². The average Bonchev–Trinajstić information content (AvgIpc) is 3.25. The van der Waals surface area contributed by atoms with Crippen molar-refractivity contribution < 1.29 is 28.5 Å². The lowest BCUT2D eigenvalue weighted by atomic mass is 9.99. The SMILES string of the molecule is CCCCCCCOc1cccc(N2C=C(OC(=O)C(CCC)CCC)N=CC2)c1.CCCCCCOc1cccc(N2C=C(OC(=O)C(CCC)CCC)N=CC2)c1. The van der Waals surface area contributed by atoms with Crippen molar-refractivity contribution in [3.05, 3.63) is 72.7 Å². The van der Waals surface area contributed by atoms with Gasteiger partial charge in [0.05, 0.1) is 50.5 Å². The summed E-state index contributed by atoms with van der Waals surface area (Å²) in [5.41, 5.74) is 1.99. The van der Waals surface area contributed by atoms with E-state index in [9.17, 15) is 9.59 Å². The van der Waals surface area contributed by atoms with Crippen LogP contribution < -0.4 is 19.3 Å². The molecule has 10 nitrogen and oxygen atoms in total. The summed E-state index contributed by atoms with van der Waals surface area (Å²) in [4.78, 5) is 37.6. The largest absolute Gasteiger partial charge is 0.494 e. The molecule has 2 aliphatic rings. The lowest BCUT2D eigenvalue weighted by Gasteiger charge is -2.23. The Morgan fingerprint density at radius 3 is 1.32 bits per heavy atom. The summed E-state index contributed by atoms with van der Waals surface area (Å²) in [5.74, 6) is 1.96. The number of unbranched alkanes of at least 4 members (excludes halogenated alkanes) is 7. The van der Waals surface area contributed by atoms with Gasteiger partial charge in [-0.3, -0.25) is 9.59 Å². The van der Waals surface area contributed by atoms with Crippen LogP contribution in [0.1, 0.15) is 151 Å². The van der Waals surface area contributed by atoms with Crippen molar-refractivity contribution in [2.24, 2.45) is 21.8 Å². The quantitative estimate of drug-likeness (QED) is 0.0649. The molecule has 0 spiro atoms. The number of hydrogen-bond donors (Lipinski definition) is 0. The van der Waals surface area contributed by atoms with Crippen LogP contribution in [0.2, 0.25) is 0 Å². The van der Waals surface area contributed by atoms with Gasteiger partial charge in [-0.2, -0.15) is 0 Å². The van der Waals surface area contributed by atoms with Gasteiger partial charge in [-0.05, 0) is 62.8 Å². The molecular formula is C49H74N4O6. The molecule has 0 saturated carbocycles. The highest BCUT2D eigenvalue weighted by atomic mass is 16.6. The van der Waals surface area contributed by atoms with Gasteiger partial charge in [-0.1, -0.05) is 124 Å². The van der Waals surface area contributed by atoms with Crippen molar-refractivity contribution in [3.63, 3.8) is 0 Å². The molecule has 2 heterocycles. The molecule has 0 unspecified atom stereocenters. The number of aliphatic imine (C=N–C) groups is 2. The molecule has 0 amide bonds. The summed E-state index contributed by atoms with van der Waals surface area (Å²) in [7, 11) is 0. The molecular weight excluding hydrogens is 741 g/mol. The van der Waals surface area contributed by atoms with Crippen LogP contribution in [0, 0.1) is 11.8 Å². The minimum atomic E-state index is -0.178. The molecule has 0 N–H and O–H groups in total. The molecule has 0 aliphatic carbocycles. The van der Waals surface area contributed by atoms with Crippen molar-refractivity contribution in [1.82, 2.24) is 0 Å². The number of rotatable bonds is 27. The normalized spacial score (nSPS) is 13.5. The minimum absolute atomic E-state index is 0.0547. The van der Waals surface area contributed by atoms with Crippen LogP contribution in [0.25, 0.3) is 0 Å². The molecule has 59 heavy (non-hydrogen) atoms. The summed E-state index contributed by atoms with van der Waals surface area (Å²) in [6.07, 6.45) is 25.3. The molecule has 0 radical (unpaired) electrons.